The number of urea groups is 1. The van der Waals surface area contributed by atoms with Crippen LogP contribution in [0.3, 0.4) is 0 Å². The van der Waals surface area contributed by atoms with Gasteiger partial charge in [0.25, 0.3) is 0 Å². The smallest absolute Gasteiger partial charge is 0.315 e. The minimum atomic E-state index is -0.640. The third-order valence-corrected chi connectivity index (χ3v) is 4.22. The average molecular weight is 335 g/mol. The molecule has 0 bridgehead atoms. The first-order valence-corrected chi connectivity index (χ1v) is 7.66. The molecular weight excluding hydrogens is 319 g/mol. The molecule has 0 spiro atoms. The Bertz CT molecular complexity index is 738. The molecule has 0 heterocycles. The highest BCUT2D eigenvalue weighted by Gasteiger charge is 2.31. The van der Waals surface area contributed by atoms with E-state index in [1.165, 1.54) is 12.1 Å². The number of fused-ring (bicyclic) bond motifs is 1. The molecule has 2 aromatic carbocycles. The quantitative estimate of drug-likeness (QED) is 0.808. The summed E-state index contributed by atoms with van der Waals surface area (Å²) < 4.78 is 13.1. The zero-order valence-electron chi connectivity index (χ0n) is 12.2. The summed E-state index contributed by atoms with van der Waals surface area (Å²) in [7, 11) is 0. The van der Waals surface area contributed by atoms with E-state index in [2.05, 4.69) is 10.6 Å². The Hall–Kier alpha value is -2.11. The molecule has 0 radical (unpaired) electrons. The molecule has 2 atom stereocenters. The van der Waals surface area contributed by atoms with E-state index < -0.39 is 24.0 Å². The van der Waals surface area contributed by atoms with E-state index in [1.807, 2.05) is 24.3 Å². The van der Waals surface area contributed by atoms with E-state index in [4.69, 9.17) is 11.6 Å². The minimum Gasteiger partial charge on any atom is -0.390 e. The van der Waals surface area contributed by atoms with Crippen LogP contribution in [0.5, 0.6) is 0 Å². The third kappa shape index (κ3) is 3.46. The Balaban J connectivity index is 1.60. The molecule has 1 aliphatic rings. The number of halogens is 2. The van der Waals surface area contributed by atoms with Gasteiger partial charge in [0.15, 0.2) is 0 Å². The number of carbonyl (C=O) groups is 1. The number of amides is 2. The van der Waals surface area contributed by atoms with Crippen molar-refractivity contribution >= 4 is 17.6 Å². The zero-order chi connectivity index (χ0) is 16.4. The molecule has 120 valence electrons. The molecule has 6 heteroatoms. The molecule has 0 unspecified atom stereocenters. The van der Waals surface area contributed by atoms with Gasteiger partial charge < -0.3 is 15.7 Å². The lowest BCUT2D eigenvalue weighted by Crippen LogP contribution is -2.40. The van der Waals surface area contributed by atoms with Gasteiger partial charge in [-0.3, -0.25) is 0 Å². The number of aliphatic hydroxyl groups excluding tert-OH is 1. The highest BCUT2D eigenvalue weighted by Crippen LogP contribution is 2.31. The van der Waals surface area contributed by atoms with Gasteiger partial charge in [0, 0.05) is 13.0 Å². The molecule has 1 aliphatic carbocycles. The molecule has 2 amide bonds. The molecule has 2 aromatic rings. The first-order valence-electron chi connectivity index (χ1n) is 7.29. The van der Waals surface area contributed by atoms with Gasteiger partial charge in [0.05, 0.1) is 17.2 Å². The fourth-order valence-corrected chi connectivity index (χ4v) is 2.98. The van der Waals surface area contributed by atoms with Crippen molar-refractivity contribution in [1.29, 1.82) is 0 Å². The Morgan fingerprint density at radius 3 is 2.87 bits per heavy atom. The van der Waals surface area contributed by atoms with Crippen molar-refractivity contribution in [2.45, 2.75) is 25.1 Å². The maximum absolute atomic E-state index is 13.1. The second kappa shape index (κ2) is 6.56. The Morgan fingerprint density at radius 1 is 1.30 bits per heavy atom. The van der Waals surface area contributed by atoms with Crippen LogP contribution < -0.4 is 10.6 Å². The fourth-order valence-electron chi connectivity index (χ4n) is 2.77. The number of hydrogen-bond donors (Lipinski definition) is 3. The highest BCUT2D eigenvalue weighted by molar-refractivity contribution is 6.30. The lowest BCUT2D eigenvalue weighted by atomic mass is 10.1. The molecule has 0 aliphatic heterocycles. The van der Waals surface area contributed by atoms with Crippen molar-refractivity contribution in [2.75, 3.05) is 0 Å². The molecular formula is C17H16ClFN2O2. The predicted octanol–water partition coefficient (Wildman–Crippen LogP) is 2.94. The number of benzene rings is 2. The van der Waals surface area contributed by atoms with E-state index in [9.17, 15) is 14.3 Å². The van der Waals surface area contributed by atoms with Crippen molar-refractivity contribution in [2.24, 2.45) is 0 Å². The van der Waals surface area contributed by atoms with Gasteiger partial charge in [0.1, 0.15) is 5.82 Å². The summed E-state index contributed by atoms with van der Waals surface area (Å²) in [5.41, 5.74) is 2.66. The number of hydrogen-bond acceptors (Lipinski definition) is 2. The summed E-state index contributed by atoms with van der Waals surface area (Å²) in [4.78, 5) is 12.0. The summed E-state index contributed by atoms with van der Waals surface area (Å²) >= 11 is 5.71. The lowest BCUT2D eigenvalue weighted by Gasteiger charge is -2.18. The van der Waals surface area contributed by atoms with Crippen LogP contribution in [-0.4, -0.2) is 17.2 Å². The standard InChI is InChI=1S/C17H16ClFN2O2/c18-13-7-10(5-6-14(13)19)9-20-17(23)21-16-12-4-2-1-3-11(12)8-15(16)22/h1-7,15-16,22H,8-9H2,(H2,20,21,23)/t15-,16+/m0/s1. The van der Waals surface area contributed by atoms with Crippen LogP contribution in [0.1, 0.15) is 22.7 Å². The normalized spacial score (nSPS) is 19.3. The van der Waals surface area contributed by atoms with E-state index >= 15 is 0 Å². The van der Waals surface area contributed by atoms with Crippen LogP contribution in [-0.2, 0) is 13.0 Å². The van der Waals surface area contributed by atoms with Crippen molar-refractivity contribution in [3.63, 3.8) is 0 Å². The van der Waals surface area contributed by atoms with Gasteiger partial charge in [-0.1, -0.05) is 41.9 Å². The first-order chi connectivity index (χ1) is 11.0. The summed E-state index contributed by atoms with van der Waals surface area (Å²) in [5, 5.41) is 15.6. The van der Waals surface area contributed by atoms with Crippen molar-refractivity contribution in [3.05, 3.63) is 70.0 Å². The predicted molar refractivity (Wildman–Crippen MR) is 85.7 cm³/mol. The van der Waals surface area contributed by atoms with Crippen LogP contribution in [0.15, 0.2) is 42.5 Å². The Labute approximate surface area is 138 Å². The summed E-state index contributed by atoms with van der Waals surface area (Å²) in [5.74, 6) is -0.495. The number of rotatable bonds is 3. The molecule has 4 nitrogen and oxygen atoms in total. The zero-order valence-corrected chi connectivity index (χ0v) is 13.0. The summed E-state index contributed by atoms with van der Waals surface area (Å²) in [6.45, 7) is 0.219. The first kappa shape index (κ1) is 15.8. The second-order valence-electron chi connectivity index (χ2n) is 5.52. The molecule has 0 fully saturated rings. The lowest BCUT2D eigenvalue weighted by molar-refractivity contribution is 0.142. The third-order valence-electron chi connectivity index (χ3n) is 3.93. The van der Waals surface area contributed by atoms with Gasteiger partial charge in [-0.05, 0) is 28.8 Å². The molecule has 0 saturated carbocycles. The SMILES string of the molecule is O=C(NCc1ccc(F)c(Cl)c1)N[C@@H]1c2ccccc2C[C@@H]1O. The van der Waals surface area contributed by atoms with E-state index in [-0.39, 0.29) is 11.6 Å². The van der Waals surface area contributed by atoms with E-state index in [0.29, 0.717) is 12.0 Å². The van der Waals surface area contributed by atoms with E-state index in [0.717, 1.165) is 11.1 Å². The molecule has 23 heavy (non-hydrogen) atoms. The van der Waals surface area contributed by atoms with Gasteiger partial charge in [0.2, 0.25) is 0 Å². The highest BCUT2D eigenvalue weighted by atomic mass is 35.5. The second-order valence-corrected chi connectivity index (χ2v) is 5.93. The topological polar surface area (TPSA) is 61.4 Å². The summed E-state index contributed by atoms with van der Waals surface area (Å²) in [6.07, 6.45) is -0.118. The van der Waals surface area contributed by atoms with E-state index in [1.54, 1.807) is 6.07 Å². The van der Waals surface area contributed by atoms with Crippen LogP contribution in [0.2, 0.25) is 5.02 Å². The van der Waals surface area contributed by atoms with Crippen LogP contribution >= 0.6 is 11.6 Å². The van der Waals surface area contributed by atoms with Crippen molar-refractivity contribution < 1.29 is 14.3 Å². The molecule has 0 aromatic heterocycles. The molecule has 3 N–H and O–H groups in total. The van der Waals surface area contributed by atoms with Crippen molar-refractivity contribution in [1.82, 2.24) is 10.6 Å². The van der Waals surface area contributed by atoms with Gasteiger partial charge in [-0.15, -0.1) is 0 Å². The van der Waals surface area contributed by atoms with Crippen LogP contribution in [0.25, 0.3) is 0 Å². The number of aliphatic hydroxyl groups is 1. The van der Waals surface area contributed by atoms with Gasteiger partial charge in [-0.2, -0.15) is 0 Å². The van der Waals surface area contributed by atoms with Gasteiger partial charge in [-0.25, -0.2) is 9.18 Å². The maximum Gasteiger partial charge on any atom is 0.315 e. The van der Waals surface area contributed by atoms with Crippen LogP contribution in [0, 0.1) is 5.82 Å². The fraction of sp³-hybridized carbons (Fsp3) is 0.235. The summed E-state index contributed by atoms with van der Waals surface area (Å²) in [6, 6.07) is 11.1. The van der Waals surface area contributed by atoms with Crippen molar-refractivity contribution in [3.8, 4) is 0 Å². The van der Waals surface area contributed by atoms with Crippen LogP contribution in [0.4, 0.5) is 9.18 Å². The number of carbonyl (C=O) groups excluding carboxylic acids is 1. The molecule has 3 rings (SSSR count). The minimum absolute atomic E-state index is 0.0184. The monoisotopic (exact) mass is 334 g/mol. The average Bonchev–Trinajstić information content (AvgIpc) is 2.84. The largest absolute Gasteiger partial charge is 0.390 e. The van der Waals surface area contributed by atoms with Gasteiger partial charge >= 0.3 is 6.03 Å². The maximum atomic E-state index is 13.1. The Kier molecular flexibility index (Phi) is 4.50. The Morgan fingerprint density at radius 2 is 2.09 bits per heavy atom. The number of nitrogens with one attached hydrogen (secondary N) is 2. The molecule has 0 saturated heterocycles.